The fraction of sp³-hybridized carbons (Fsp3) is 0.150. The van der Waals surface area contributed by atoms with Gasteiger partial charge < -0.3 is 20.9 Å². The van der Waals surface area contributed by atoms with Crippen molar-refractivity contribution in [3.63, 3.8) is 0 Å². The summed E-state index contributed by atoms with van der Waals surface area (Å²) in [6.45, 7) is 6.54. The maximum atomic E-state index is 7.86. The van der Waals surface area contributed by atoms with Gasteiger partial charge in [-0.2, -0.15) is 0 Å². The Morgan fingerprint density at radius 2 is 1.76 bits per heavy atom. The number of allylic oxidation sites excluding steroid dienone is 2. The zero-order valence-corrected chi connectivity index (χ0v) is 14.5. The smallest absolute Gasteiger partial charge is 0.161 e. The minimum Gasteiger partial charge on any atom is -0.493 e. The van der Waals surface area contributed by atoms with E-state index in [1.165, 1.54) is 0 Å². The normalized spacial score (nSPS) is 11.0. The Bertz CT molecular complexity index is 808. The summed E-state index contributed by atoms with van der Waals surface area (Å²) in [5.74, 6) is 1.27. The maximum absolute atomic E-state index is 7.86. The zero-order chi connectivity index (χ0) is 18.4. The Balaban J connectivity index is 2.40. The number of hydrogen-bond donors (Lipinski definition) is 3. The van der Waals surface area contributed by atoms with E-state index in [9.17, 15) is 0 Å². The molecule has 0 aliphatic rings. The van der Waals surface area contributed by atoms with Crippen molar-refractivity contribution in [2.45, 2.75) is 6.92 Å². The Morgan fingerprint density at radius 3 is 2.32 bits per heavy atom. The molecule has 0 amide bonds. The Labute approximate surface area is 148 Å². The minimum atomic E-state index is -0.0375. The number of methoxy groups -OCH3 is 1. The van der Waals surface area contributed by atoms with Gasteiger partial charge in [0.15, 0.2) is 11.5 Å². The van der Waals surface area contributed by atoms with Gasteiger partial charge in [0.2, 0.25) is 0 Å². The lowest BCUT2D eigenvalue weighted by molar-refractivity contribution is 0.311. The van der Waals surface area contributed by atoms with Crippen molar-refractivity contribution < 1.29 is 9.47 Å². The van der Waals surface area contributed by atoms with Crippen LogP contribution in [-0.4, -0.2) is 19.6 Å². The van der Waals surface area contributed by atoms with Gasteiger partial charge in [0.1, 0.15) is 5.84 Å². The molecule has 2 aromatic carbocycles. The van der Waals surface area contributed by atoms with Crippen molar-refractivity contribution in [2.75, 3.05) is 19.5 Å². The molecule has 2 aromatic rings. The number of ether oxygens (including phenoxy) is 2. The number of hydrogen-bond acceptors (Lipinski definition) is 4. The number of amidine groups is 1. The van der Waals surface area contributed by atoms with Gasteiger partial charge in [0.25, 0.3) is 0 Å². The summed E-state index contributed by atoms with van der Waals surface area (Å²) in [5, 5.41) is 7.86. The van der Waals surface area contributed by atoms with Crippen molar-refractivity contribution >= 4 is 22.7 Å². The highest BCUT2D eigenvalue weighted by Crippen LogP contribution is 2.31. The van der Waals surface area contributed by atoms with E-state index in [2.05, 4.69) is 6.58 Å². The van der Waals surface area contributed by atoms with Crippen LogP contribution in [0, 0.1) is 5.41 Å². The lowest BCUT2D eigenvalue weighted by atomic mass is 9.98. The van der Waals surface area contributed by atoms with Crippen LogP contribution in [0.2, 0.25) is 0 Å². The first-order valence-corrected chi connectivity index (χ1v) is 7.88. The molecule has 0 saturated heterocycles. The summed E-state index contributed by atoms with van der Waals surface area (Å²) in [6.07, 6.45) is 1.78. The van der Waals surface area contributed by atoms with Crippen molar-refractivity contribution in [2.24, 2.45) is 5.73 Å². The molecular weight excluding hydrogens is 314 g/mol. The standard InChI is InChI=1S/C20H23N3O2/c1-4-25-19-12-15(7-10-18(19)24-3)13(2)11-17(20(22)23)14-5-8-16(21)9-6-14/h5-12H,2,4,21H2,1,3H3,(H3,22,23)/b17-11-. The highest BCUT2D eigenvalue weighted by Gasteiger charge is 2.10. The largest absolute Gasteiger partial charge is 0.493 e. The number of rotatable bonds is 7. The molecule has 0 atom stereocenters. The topological polar surface area (TPSA) is 94.4 Å². The third-order valence-electron chi connectivity index (χ3n) is 3.66. The van der Waals surface area contributed by atoms with Gasteiger partial charge in [0.05, 0.1) is 13.7 Å². The highest BCUT2D eigenvalue weighted by atomic mass is 16.5. The molecule has 130 valence electrons. The third kappa shape index (κ3) is 4.41. The fourth-order valence-corrected chi connectivity index (χ4v) is 2.38. The molecule has 0 aliphatic carbocycles. The SMILES string of the molecule is C=C(/C=C(\C(=N)N)c1ccc(N)cc1)c1ccc(OC)c(OCC)c1. The Morgan fingerprint density at radius 1 is 1.12 bits per heavy atom. The predicted octanol–water partition coefficient (Wildman–Crippen LogP) is 3.71. The van der Waals surface area contributed by atoms with E-state index in [-0.39, 0.29) is 5.84 Å². The van der Waals surface area contributed by atoms with Gasteiger partial charge in [-0.25, -0.2) is 0 Å². The van der Waals surface area contributed by atoms with Crippen LogP contribution in [0.15, 0.2) is 55.1 Å². The zero-order valence-electron chi connectivity index (χ0n) is 14.5. The molecule has 0 bridgehead atoms. The van der Waals surface area contributed by atoms with Crippen LogP contribution >= 0.6 is 0 Å². The van der Waals surface area contributed by atoms with Crippen LogP contribution in [0.4, 0.5) is 5.69 Å². The predicted molar refractivity (Wildman–Crippen MR) is 104 cm³/mol. The van der Waals surface area contributed by atoms with Gasteiger partial charge in [-0.15, -0.1) is 0 Å². The lowest BCUT2D eigenvalue weighted by Gasteiger charge is -2.12. The molecule has 5 N–H and O–H groups in total. The van der Waals surface area contributed by atoms with Crippen LogP contribution in [0.25, 0.3) is 11.1 Å². The minimum absolute atomic E-state index is 0.0375. The molecule has 0 aromatic heterocycles. The molecule has 5 nitrogen and oxygen atoms in total. The summed E-state index contributed by atoms with van der Waals surface area (Å²) < 4.78 is 10.9. The molecule has 0 spiro atoms. The molecule has 0 aliphatic heterocycles. The third-order valence-corrected chi connectivity index (χ3v) is 3.66. The maximum Gasteiger partial charge on any atom is 0.161 e. The summed E-state index contributed by atoms with van der Waals surface area (Å²) in [4.78, 5) is 0. The van der Waals surface area contributed by atoms with E-state index >= 15 is 0 Å². The van der Waals surface area contributed by atoms with Gasteiger partial charge in [-0.1, -0.05) is 24.8 Å². The van der Waals surface area contributed by atoms with E-state index in [0.717, 1.165) is 11.1 Å². The summed E-state index contributed by atoms with van der Waals surface area (Å²) >= 11 is 0. The van der Waals surface area contributed by atoms with Crippen molar-refractivity contribution in [3.8, 4) is 11.5 Å². The fourth-order valence-electron chi connectivity index (χ4n) is 2.38. The van der Waals surface area contributed by atoms with Gasteiger partial charge in [-0.05, 0) is 54.0 Å². The number of nitrogens with two attached hydrogens (primary N) is 2. The van der Waals surface area contributed by atoms with Crippen molar-refractivity contribution in [1.82, 2.24) is 0 Å². The van der Waals surface area contributed by atoms with E-state index in [1.54, 1.807) is 25.3 Å². The van der Waals surface area contributed by atoms with Gasteiger partial charge >= 0.3 is 0 Å². The second-order valence-electron chi connectivity index (χ2n) is 5.42. The van der Waals surface area contributed by atoms with Crippen LogP contribution in [0.3, 0.4) is 0 Å². The van der Waals surface area contributed by atoms with Gasteiger partial charge in [-0.3, -0.25) is 5.41 Å². The van der Waals surface area contributed by atoms with Crippen LogP contribution in [0.5, 0.6) is 11.5 Å². The summed E-state index contributed by atoms with van der Waals surface area (Å²) in [5.41, 5.74) is 15.1. The average molecular weight is 337 g/mol. The van der Waals surface area contributed by atoms with Crippen LogP contribution < -0.4 is 20.9 Å². The quantitative estimate of drug-likeness (QED) is 0.311. The number of nitrogens with one attached hydrogen (secondary N) is 1. The number of benzene rings is 2. The molecule has 5 heteroatoms. The second kappa shape index (κ2) is 8.06. The van der Waals surface area contributed by atoms with Crippen LogP contribution in [-0.2, 0) is 0 Å². The summed E-state index contributed by atoms with van der Waals surface area (Å²) in [7, 11) is 1.60. The first kappa shape index (κ1) is 18.1. The highest BCUT2D eigenvalue weighted by molar-refractivity contribution is 6.22. The first-order chi connectivity index (χ1) is 12.0. The number of anilines is 1. The second-order valence-corrected chi connectivity index (χ2v) is 5.42. The van der Waals surface area contributed by atoms with E-state index in [1.807, 2.05) is 37.3 Å². The van der Waals surface area contributed by atoms with E-state index < -0.39 is 0 Å². The molecule has 25 heavy (non-hydrogen) atoms. The first-order valence-electron chi connectivity index (χ1n) is 7.88. The van der Waals surface area contributed by atoms with E-state index in [4.69, 9.17) is 26.4 Å². The monoisotopic (exact) mass is 337 g/mol. The number of nitrogen functional groups attached to an aromatic ring is 1. The molecule has 0 fully saturated rings. The van der Waals surface area contributed by atoms with Gasteiger partial charge in [0, 0.05) is 11.3 Å². The Hall–Kier alpha value is -3.21. The summed E-state index contributed by atoms with van der Waals surface area (Å²) in [6, 6.07) is 12.8. The molecule has 0 radical (unpaired) electrons. The molecule has 2 rings (SSSR count). The Kier molecular flexibility index (Phi) is 5.84. The van der Waals surface area contributed by atoms with E-state index in [0.29, 0.717) is 34.9 Å². The van der Waals surface area contributed by atoms with Crippen LogP contribution in [0.1, 0.15) is 18.1 Å². The molecule has 0 unspecified atom stereocenters. The molecule has 0 heterocycles. The average Bonchev–Trinajstić information content (AvgIpc) is 2.60. The van der Waals surface area contributed by atoms with Crippen molar-refractivity contribution in [1.29, 1.82) is 5.41 Å². The lowest BCUT2D eigenvalue weighted by Crippen LogP contribution is -2.12. The van der Waals surface area contributed by atoms with Crippen molar-refractivity contribution in [3.05, 3.63) is 66.2 Å². The molecule has 0 saturated carbocycles. The molecular formula is C20H23N3O2.